The highest BCUT2D eigenvalue weighted by Gasteiger charge is 2.39. The lowest BCUT2D eigenvalue weighted by atomic mass is 9.98. The fourth-order valence-electron chi connectivity index (χ4n) is 3.38. The van der Waals surface area contributed by atoms with E-state index in [0.717, 1.165) is 22.3 Å². The Bertz CT molecular complexity index is 952. The summed E-state index contributed by atoms with van der Waals surface area (Å²) in [5.74, 6) is -7.35. The first-order valence-corrected chi connectivity index (χ1v) is 9.84. The highest BCUT2D eigenvalue weighted by atomic mass is 19.3. The highest BCUT2D eigenvalue weighted by molar-refractivity contribution is 5.80. The summed E-state index contributed by atoms with van der Waals surface area (Å²) in [5, 5.41) is 12.5. The highest BCUT2D eigenvalue weighted by Crippen LogP contribution is 2.44. The first-order valence-electron chi connectivity index (χ1n) is 9.84. The quantitative estimate of drug-likeness (QED) is 0.481. The molecule has 0 saturated heterocycles. The van der Waals surface area contributed by atoms with Crippen molar-refractivity contribution in [2.24, 2.45) is 0 Å². The summed E-state index contributed by atoms with van der Waals surface area (Å²) >= 11 is 0. The molecule has 1 aliphatic carbocycles. The third-order valence-electron chi connectivity index (χ3n) is 4.91. The second-order valence-corrected chi connectivity index (χ2v) is 7.09. The van der Waals surface area contributed by atoms with E-state index in [2.05, 4.69) is 5.32 Å². The molecule has 2 aromatic carbocycles. The van der Waals surface area contributed by atoms with Crippen molar-refractivity contribution in [1.82, 2.24) is 10.6 Å². The van der Waals surface area contributed by atoms with Gasteiger partial charge in [-0.3, -0.25) is 4.79 Å². The monoisotopic (exact) mass is 448 g/mol. The molecule has 2 amide bonds. The van der Waals surface area contributed by atoms with Gasteiger partial charge in [0.2, 0.25) is 5.91 Å². The molecule has 1 aliphatic rings. The Kier molecular flexibility index (Phi) is 7.37. The Balaban J connectivity index is 1.36. The molecule has 0 atom stereocenters. The van der Waals surface area contributed by atoms with Crippen LogP contribution in [0, 0.1) is 0 Å². The van der Waals surface area contributed by atoms with Crippen molar-refractivity contribution < 1.29 is 37.7 Å². The molecule has 0 unspecified atom stereocenters. The molecule has 0 aliphatic heterocycles. The predicted octanol–water partition coefficient (Wildman–Crippen LogP) is 2.38. The Labute approximate surface area is 182 Å². The van der Waals surface area contributed by atoms with Crippen LogP contribution >= 0.6 is 0 Å². The first kappa shape index (κ1) is 23.1. The normalized spacial score (nSPS) is 12.6. The van der Waals surface area contributed by atoms with E-state index < -0.39 is 37.0 Å². The lowest BCUT2D eigenvalue weighted by Crippen LogP contribution is -2.43. The second-order valence-electron chi connectivity index (χ2n) is 7.09. The first-order chi connectivity index (χ1) is 15.3. The van der Waals surface area contributed by atoms with Gasteiger partial charge >= 0.3 is 18.0 Å². The molecule has 170 valence electrons. The molecule has 3 rings (SSSR count). The van der Waals surface area contributed by atoms with Gasteiger partial charge in [0.15, 0.2) is 0 Å². The van der Waals surface area contributed by atoms with E-state index in [1.54, 1.807) is 5.32 Å². The van der Waals surface area contributed by atoms with Crippen LogP contribution in [0.1, 0.15) is 17.0 Å². The largest absolute Gasteiger partial charge is 0.477 e. The zero-order valence-corrected chi connectivity index (χ0v) is 17.0. The summed E-state index contributed by atoms with van der Waals surface area (Å²) in [5.41, 5.74) is 4.41. The van der Waals surface area contributed by atoms with Crippen molar-refractivity contribution in [3.63, 3.8) is 0 Å². The summed E-state index contributed by atoms with van der Waals surface area (Å²) < 4.78 is 36.1. The van der Waals surface area contributed by atoms with E-state index in [0.29, 0.717) is 0 Å². The van der Waals surface area contributed by atoms with Gasteiger partial charge in [0.1, 0.15) is 13.2 Å². The Morgan fingerprint density at radius 3 is 2.16 bits per heavy atom. The zero-order chi connectivity index (χ0) is 23.1. The molecule has 0 saturated carbocycles. The summed E-state index contributed by atoms with van der Waals surface area (Å²) in [4.78, 5) is 33.6. The van der Waals surface area contributed by atoms with Crippen molar-refractivity contribution in [1.29, 1.82) is 0 Å². The van der Waals surface area contributed by atoms with Gasteiger partial charge in [-0.1, -0.05) is 48.5 Å². The molecule has 0 spiro atoms. The van der Waals surface area contributed by atoms with Gasteiger partial charge in [-0.2, -0.15) is 8.78 Å². The maximum absolute atomic E-state index is 12.9. The van der Waals surface area contributed by atoms with Crippen LogP contribution in [0.25, 0.3) is 11.1 Å². The van der Waals surface area contributed by atoms with E-state index >= 15 is 0 Å². The Hall–Kier alpha value is -3.53. The number of amides is 2. The van der Waals surface area contributed by atoms with Crippen LogP contribution in [0.15, 0.2) is 48.5 Å². The zero-order valence-electron chi connectivity index (χ0n) is 17.0. The second kappa shape index (κ2) is 10.2. The fourth-order valence-corrected chi connectivity index (χ4v) is 3.38. The van der Waals surface area contributed by atoms with E-state index in [9.17, 15) is 23.2 Å². The van der Waals surface area contributed by atoms with Crippen LogP contribution in [0.3, 0.4) is 0 Å². The number of fused-ring (bicyclic) bond motifs is 3. The molecule has 3 N–H and O–H groups in total. The maximum Gasteiger partial charge on any atom is 0.407 e. The number of ether oxygens (including phenoxy) is 2. The molecule has 10 heteroatoms. The van der Waals surface area contributed by atoms with E-state index in [-0.39, 0.29) is 25.7 Å². The minimum Gasteiger partial charge on any atom is -0.477 e. The Morgan fingerprint density at radius 2 is 1.56 bits per heavy atom. The minimum absolute atomic E-state index is 0.0369. The Morgan fingerprint density at radius 1 is 0.969 bits per heavy atom. The molecule has 0 radical (unpaired) electrons. The summed E-state index contributed by atoms with van der Waals surface area (Å²) in [6.07, 6.45) is -0.652. The van der Waals surface area contributed by atoms with Crippen LogP contribution in [-0.2, 0) is 19.1 Å². The number of alkyl halides is 2. The number of alkyl carbamates (subject to hydrolysis) is 1. The molecule has 8 nitrogen and oxygen atoms in total. The van der Waals surface area contributed by atoms with Crippen molar-refractivity contribution in [3.8, 4) is 11.1 Å². The molecular formula is C22H22F2N2O6. The van der Waals surface area contributed by atoms with E-state index in [1.165, 1.54) is 0 Å². The minimum atomic E-state index is -4.05. The van der Waals surface area contributed by atoms with Gasteiger partial charge < -0.3 is 25.2 Å². The molecular weight excluding hydrogens is 426 g/mol. The molecule has 0 heterocycles. The van der Waals surface area contributed by atoms with Gasteiger partial charge in [-0.05, 0) is 22.3 Å². The number of carboxylic acids is 1. The van der Waals surface area contributed by atoms with Crippen molar-refractivity contribution in [2.75, 3.05) is 32.9 Å². The van der Waals surface area contributed by atoms with Crippen LogP contribution in [0.2, 0.25) is 0 Å². The lowest BCUT2D eigenvalue weighted by molar-refractivity contribution is -0.164. The maximum atomic E-state index is 12.9. The smallest absolute Gasteiger partial charge is 0.407 e. The summed E-state index contributed by atoms with van der Waals surface area (Å²) in [6, 6.07) is 15.9. The van der Waals surface area contributed by atoms with Crippen molar-refractivity contribution in [3.05, 3.63) is 59.7 Å². The van der Waals surface area contributed by atoms with E-state index in [4.69, 9.17) is 14.6 Å². The number of nitrogens with one attached hydrogen (secondary N) is 2. The number of carbonyl (C=O) groups is 3. The number of aliphatic carboxylic acids is 1. The third kappa shape index (κ3) is 5.58. The SMILES string of the molecule is O=C(COCCNC(=O)OCC1c2ccccc2-c2ccccc21)NCC(F)(F)C(=O)O. The number of carbonyl (C=O) groups excluding carboxylic acids is 2. The van der Waals surface area contributed by atoms with Crippen LogP contribution in [0.4, 0.5) is 13.6 Å². The number of carboxylic acid groups (broad SMARTS) is 1. The topological polar surface area (TPSA) is 114 Å². The van der Waals surface area contributed by atoms with E-state index in [1.807, 2.05) is 48.5 Å². The predicted molar refractivity (Wildman–Crippen MR) is 109 cm³/mol. The van der Waals surface area contributed by atoms with Crippen LogP contribution in [-0.4, -0.2) is 61.9 Å². The summed E-state index contributed by atoms with van der Waals surface area (Å²) in [6.45, 7) is -1.76. The standard InChI is InChI=1S/C22H22F2N2O6/c23-22(24,20(28)29)13-26-19(27)12-31-10-9-25-21(30)32-11-18-16-7-3-1-5-14(16)15-6-2-4-8-17(15)18/h1-8,18H,9-13H2,(H,25,30)(H,26,27)(H,28,29). The average molecular weight is 448 g/mol. The summed E-state index contributed by atoms with van der Waals surface area (Å²) in [7, 11) is 0. The molecule has 2 aromatic rings. The van der Waals surface area contributed by atoms with Gasteiger partial charge in [0.05, 0.1) is 13.2 Å². The average Bonchev–Trinajstić information content (AvgIpc) is 3.10. The number of rotatable bonds is 10. The number of benzene rings is 2. The number of halogens is 2. The molecule has 0 aromatic heterocycles. The van der Waals surface area contributed by atoms with Crippen molar-refractivity contribution in [2.45, 2.75) is 11.8 Å². The molecule has 0 bridgehead atoms. The van der Waals surface area contributed by atoms with Crippen LogP contribution < -0.4 is 10.6 Å². The fraction of sp³-hybridized carbons (Fsp3) is 0.318. The van der Waals surface area contributed by atoms with Gasteiger partial charge in [0.25, 0.3) is 0 Å². The van der Waals surface area contributed by atoms with Crippen LogP contribution in [0.5, 0.6) is 0 Å². The third-order valence-corrected chi connectivity index (χ3v) is 4.91. The lowest BCUT2D eigenvalue weighted by Gasteiger charge is -2.14. The number of hydrogen-bond acceptors (Lipinski definition) is 5. The van der Waals surface area contributed by atoms with Gasteiger partial charge in [-0.25, -0.2) is 9.59 Å². The van der Waals surface area contributed by atoms with Crippen molar-refractivity contribution >= 4 is 18.0 Å². The molecule has 32 heavy (non-hydrogen) atoms. The van der Waals surface area contributed by atoms with Gasteiger partial charge in [-0.15, -0.1) is 0 Å². The van der Waals surface area contributed by atoms with Gasteiger partial charge in [0, 0.05) is 12.5 Å². The molecule has 0 fully saturated rings. The number of hydrogen-bond donors (Lipinski definition) is 3.